The van der Waals surface area contributed by atoms with Crippen LogP contribution in [0.2, 0.25) is 0 Å². The Kier molecular flexibility index (Phi) is 3.30. The molecule has 6 heteroatoms. The number of nitrogens with one attached hydrogen (secondary N) is 1. The number of aromatic nitrogens is 1. The van der Waals surface area contributed by atoms with Gasteiger partial charge in [-0.1, -0.05) is 0 Å². The van der Waals surface area contributed by atoms with E-state index in [0.29, 0.717) is 4.88 Å². The van der Waals surface area contributed by atoms with Crippen molar-refractivity contribution in [3.05, 3.63) is 16.6 Å². The third kappa shape index (κ3) is 2.74. The number of nitrogens with zero attached hydrogens (tertiary/aromatic N) is 2. The summed E-state index contributed by atoms with van der Waals surface area (Å²) in [4.78, 5) is 13.2. The van der Waals surface area contributed by atoms with Crippen molar-refractivity contribution in [1.82, 2.24) is 14.6 Å². The number of carbonyl (C=O) groups is 1. The second-order valence-corrected chi connectivity index (χ2v) is 4.32. The third-order valence-corrected chi connectivity index (χ3v) is 3.18. The van der Waals surface area contributed by atoms with Crippen LogP contribution in [0.1, 0.15) is 15.4 Å². The third-order valence-electron chi connectivity index (χ3n) is 2.36. The van der Waals surface area contributed by atoms with Crippen LogP contribution in [0.3, 0.4) is 0 Å². The fourth-order valence-corrected chi connectivity index (χ4v) is 2.18. The number of rotatable bonds is 3. The average molecular weight is 227 g/mol. The first-order valence-corrected chi connectivity index (χ1v) is 5.65. The smallest absolute Gasteiger partial charge is 0.347 e. The van der Waals surface area contributed by atoms with E-state index in [0.717, 1.165) is 50.0 Å². The summed E-state index contributed by atoms with van der Waals surface area (Å²) in [6.07, 6.45) is 0. The van der Waals surface area contributed by atoms with E-state index in [1.54, 1.807) is 6.07 Å². The molecule has 1 aromatic rings. The second kappa shape index (κ2) is 4.69. The van der Waals surface area contributed by atoms with Gasteiger partial charge in [-0.25, -0.2) is 4.79 Å². The Balaban J connectivity index is 1.94. The highest BCUT2D eigenvalue weighted by atomic mass is 32.1. The van der Waals surface area contributed by atoms with Gasteiger partial charge in [0.05, 0.1) is 5.69 Å². The molecule has 0 saturated carbocycles. The molecule has 0 amide bonds. The summed E-state index contributed by atoms with van der Waals surface area (Å²) < 4.78 is 4.13. The topological polar surface area (TPSA) is 65.5 Å². The van der Waals surface area contributed by atoms with Crippen LogP contribution in [-0.2, 0) is 6.54 Å². The van der Waals surface area contributed by atoms with Gasteiger partial charge < -0.3 is 10.4 Å². The Labute approximate surface area is 91.9 Å². The van der Waals surface area contributed by atoms with E-state index in [-0.39, 0.29) is 0 Å². The summed E-state index contributed by atoms with van der Waals surface area (Å²) in [6, 6.07) is 1.66. The predicted octanol–water partition coefficient (Wildman–Crippen LogP) is 0.246. The summed E-state index contributed by atoms with van der Waals surface area (Å²) in [5.41, 5.74) is 0.860. The molecule has 2 rings (SSSR count). The minimum atomic E-state index is -0.890. The van der Waals surface area contributed by atoms with Gasteiger partial charge in [0, 0.05) is 32.7 Å². The highest BCUT2D eigenvalue weighted by molar-refractivity contribution is 7.08. The van der Waals surface area contributed by atoms with Crippen LogP contribution in [0.25, 0.3) is 0 Å². The molecule has 0 aliphatic carbocycles. The normalized spacial score (nSPS) is 17.9. The first-order chi connectivity index (χ1) is 7.25. The van der Waals surface area contributed by atoms with Gasteiger partial charge in [-0.3, -0.25) is 4.90 Å². The lowest BCUT2D eigenvalue weighted by Crippen LogP contribution is -2.42. The summed E-state index contributed by atoms with van der Waals surface area (Å²) in [5.74, 6) is -0.890. The van der Waals surface area contributed by atoms with Gasteiger partial charge >= 0.3 is 5.97 Å². The molecule has 1 saturated heterocycles. The standard InChI is InChI=1S/C9H13N3O2S/c13-9(14)8-5-7(11-15-8)6-12-3-1-10-2-4-12/h5,10H,1-4,6H2,(H,13,14). The molecule has 5 nitrogen and oxygen atoms in total. The molecule has 0 unspecified atom stereocenters. The maximum absolute atomic E-state index is 10.7. The lowest BCUT2D eigenvalue weighted by atomic mass is 10.3. The highest BCUT2D eigenvalue weighted by Gasteiger charge is 2.13. The molecule has 1 fully saturated rings. The first-order valence-electron chi connectivity index (χ1n) is 4.87. The van der Waals surface area contributed by atoms with Crippen molar-refractivity contribution in [1.29, 1.82) is 0 Å². The van der Waals surface area contributed by atoms with Gasteiger partial charge in [-0.05, 0) is 17.6 Å². The van der Waals surface area contributed by atoms with Gasteiger partial charge in [0.15, 0.2) is 0 Å². The Morgan fingerprint density at radius 3 is 2.93 bits per heavy atom. The summed E-state index contributed by atoms with van der Waals surface area (Å²) in [7, 11) is 0. The van der Waals surface area contributed by atoms with E-state index in [4.69, 9.17) is 5.11 Å². The van der Waals surface area contributed by atoms with Gasteiger partial charge in [-0.15, -0.1) is 0 Å². The van der Waals surface area contributed by atoms with Crippen LogP contribution in [0, 0.1) is 0 Å². The monoisotopic (exact) mass is 227 g/mol. The summed E-state index contributed by atoms with van der Waals surface area (Å²) in [5, 5.41) is 12.0. The molecule has 15 heavy (non-hydrogen) atoms. The van der Waals surface area contributed by atoms with E-state index < -0.39 is 5.97 Å². The van der Waals surface area contributed by atoms with E-state index in [1.165, 1.54) is 0 Å². The zero-order valence-corrected chi connectivity index (χ0v) is 9.09. The molecular weight excluding hydrogens is 214 g/mol. The SMILES string of the molecule is O=C(O)c1cc(CN2CCNCC2)ns1. The van der Waals surface area contributed by atoms with Gasteiger partial charge in [0.2, 0.25) is 0 Å². The molecule has 1 aliphatic heterocycles. The Morgan fingerprint density at radius 1 is 1.60 bits per heavy atom. The number of carboxylic acids is 1. The van der Waals surface area contributed by atoms with Crippen molar-refractivity contribution in [2.75, 3.05) is 26.2 Å². The van der Waals surface area contributed by atoms with Gasteiger partial charge in [-0.2, -0.15) is 4.37 Å². The van der Waals surface area contributed by atoms with Crippen LogP contribution in [0.4, 0.5) is 0 Å². The summed E-state index contributed by atoms with van der Waals surface area (Å²) >= 11 is 1.05. The van der Waals surface area contributed by atoms with Crippen molar-refractivity contribution in [3.8, 4) is 0 Å². The highest BCUT2D eigenvalue weighted by Crippen LogP contribution is 2.12. The zero-order valence-electron chi connectivity index (χ0n) is 8.27. The Bertz CT molecular complexity index is 347. The molecular formula is C9H13N3O2S. The molecule has 0 aromatic carbocycles. The maximum Gasteiger partial charge on any atom is 0.347 e. The van der Waals surface area contributed by atoms with Crippen molar-refractivity contribution in [2.45, 2.75) is 6.54 Å². The van der Waals surface area contributed by atoms with Crippen LogP contribution in [0.5, 0.6) is 0 Å². The van der Waals surface area contributed by atoms with Gasteiger partial charge in [0.25, 0.3) is 0 Å². The molecule has 0 spiro atoms. The van der Waals surface area contributed by atoms with E-state index in [1.807, 2.05) is 0 Å². The first kappa shape index (κ1) is 10.5. The zero-order chi connectivity index (χ0) is 10.7. The van der Waals surface area contributed by atoms with Crippen molar-refractivity contribution >= 4 is 17.5 Å². The molecule has 1 aliphatic rings. The number of piperazine rings is 1. The molecule has 2 N–H and O–H groups in total. The van der Waals surface area contributed by atoms with E-state index in [2.05, 4.69) is 14.6 Å². The number of hydrogen-bond acceptors (Lipinski definition) is 5. The van der Waals surface area contributed by atoms with Crippen molar-refractivity contribution < 1.29 is 9.90 Å². The molecule has 1 aromatic heterocycles. The van der Waals surface area contributed by atoms with Crippen LogP contribution in [-0.4, -0.2) is 46.5 Å². The van der Waals surface area contributed by atoms with Crippen molar-refractivity contribution in [2.24, 2.45) is 0 Å². The van der Waals surface area contributed by atoms with Gasteiger partial charge in [0.1, 0.15) is 4.88 Å². The second-order valence-electron chi connectivity index (χ2n) is 3.51. The summed E-state index contributed by atoms with van der Waals surface area (Å²) in [6.45, 7) is 4.75. The van der Waals surface area contributed by atoms with Crippen LogP contribution >= 0.6 is 11.5 Å². The predicted molar refractivity (Wildman–Crippen MR) is 57.2 cm³/mol. The molecule has 0 atom stereocenters. The lowest BCUT2D eigenvalue weighted by Gasteiger charge is -2.26. The molecule has 82 valence electrons. The number of carboxylic acid groups (broad SMARTS) is 1. The lowest BCUT2D eigenvalue weighted by molar-refractivity contribution is 0.0702. The fraction of sp³-hybridized carbons (Fsp3) is 0.556. The Morgan fingerprint density at radius 2 is 2.33 bits per heavy atom. The minimum absolute atomic E-state index is 0.320. The fourth-order valence-electron chi connectivity index (χ4n) is 1.59. The average Bonchev–Trinajstić information content (AvgIpc) is 2.68. The molecule has 2 heterocycles. The minimum Gasteiger partial charge on any atom is -0.477 e. The largest absolute Gasteiger partial charge is 0.477 e. The maximum atomic E-state index is 10.7. The van der Waals surface area contributed by atoms with Crippen molar-refractivity contribution in [3.63, 3.8) is 0 Å². The number of hydrogen-bond donors (Lipinski definition) is 2. The number of aromatic carboxylic acids is 1. The molecule has 0 radical (unpaired) electrons. The van der Waals surface area contributed by atoms with Crippen LogP contribution in [0.15, 0.2) is 6.07 Å². The quantitative estimate of drug-likeness (QED) is 0.774. The molecule has 0 bridgehead atoms. The van der Waals surface area contributed by atoms with E-state index in [9.17, 15) is 4.79 Å². The van der Waals surface area contributed by atoms with Crippen LogP contribution < -0.4 is 5.32 Å². The Hall–Kier alpha value is -0.980. The van der Waals surface area contributed by atoms with E-state index >= 15 is 0 Å².